The molecule has 0 radical (unpaired) electrons. The fourth-order valence-electron chi connectivity index (χ4n) is 3.45. The maximum Gasteiger partial charge on any atom is 0.151 e. The summed E-state index contributed by atoms with van der Waals surface area (Å²) in [5, 5.41) is 3.67. The van der Waals surface area contributed by atoms with E-state index >= 15 is 0 Å². The molecule has 126 valence electrons. The summed E-state index contributed by atoms with van der Waals surface area (Å²) in [5.41, 5.74) is 0.131. The second-order valence-electron chi connectivity index (χ2n) is 6.40. The normalized spacial score (nSPS) is 23.3. The van der Waals surface area contributed by atoms with Crippen LogP contribution >= 0.6 is 0 Å². The molecule has 1 N–H and O–H groups in total. The number of hydrogen-bond acceptors (Lipinski definition) is 4. The Morgan fingerprint density at radius 1 is 1.10 bits per heavy atom. The Bertz CT molecular complexity index is 391. The molecule has 4 nitrogen and oxygen atoms in total. The van der Waals surface area contributed by atoms with Gasteiger partial charge in [-0.25, -0.2) is 8.42 Å². The molecule has 1 unspecified atom stereocenters. The van der Waals surface area contributed by atoms with Crippen molar-refractivity contribution in [2.75, 3.05) is 31.1 Å². The van der Waals surface area contributed by atoms with Crippen molar-refractivity contribution in [3.8, 4) is 0 Å². The highest BCUT2D eigenvalue weighted by Crippen LogP contribution is 2.27. The quantitative estimate of drug-likeness (QED) is 0.709. The Balaban J connectivity index is 2.74. The van der Waals surface area contributed by atoms with Crippen LogP contribution in [-0.4, -0.2) is 56.0 Å². The Morgan fingerprint density at radius 2 is 1.76 bits per heavy atom. The van der Waals surface area contributed by atoms with Crippen molar-refractivity contribution in [3.05, 3.63) is 0 Å². The first kappa shape index (κ1) is 18.9. The first-order valence-corrected chi connectivity index (χ1v) is 10.4. The van der Waals surface area contributed by atoms with Gasteiger partial charge in [-0.15, -0.1) is 0 Å². The Labute approximate surface area is 131 Å². The summed E-state index contributed by atoms with van der Waals surface area (Å²) >= 11 is 0. The van der Waals surface area contributed by atoms with Gasteiger partial charge < -0.3 is 5.32 Å². The lowest BCUT2D eigenvalue weighted by molar-refractivity contribution is 0.0353. The maximum absolute atomic E-state index is 12.0. The van der Waals surface area contributed by atoms with Crippen LogP contribution in [0.5, 0.6) is 0 Å². The predicted octanol–water partition coefficient (Wildman–Crippen LogP) is 2.44. The fraction of sp³-hybridized carbons (Fsp3) is 1.00. The van der Waals surface area contributed by atoms with E-state index in [9.17, 15) is 8.42 Å². The molecule has 0 bridgehead atoms. The van der Waals surface area contributed by atoms with Crippen LogP contribution in [0.2, 0.25) is 0 Å². The van der Waals surface area contributed by atoms with Gasteiger partial charge in [-0.05, 0) is 25.7 Å². The summed E-state index contributed by atoms with van der Waals surface area (Å²) in [4.78, 5) is 2.46. The molecule has 1 aliphatic rings. The van der Waals surface area contributed by atoms with E-state index in [0.717, 1.165) is 32.4 Å². The highest BCUT2D eigenvalue weighted by Gasteiger charge is 2.38. The summed E-state index contributed by atoms with van der Waals surface area (Å²) in [6.45, 7) is 11.2. The first-order valence-electron chi connectivity index (χ1n) is 8.61. The monoisotopic (exact) mass is 318 g/mol. The molecular weight excluding hydrogens is 284 g/mol. The summed E-state index contributed by atoms with van der Waals surface area (Å²) in [5.74, 6) is 0.629. The first-order chi connectivity index (χ1) is 9.93. The molecule has 1 aliphatic heterocycles. The van der Waals surface area contributed by atoms with Crippen LogP contribution in [0.15, 0.2) is 0 Å². The van der Waals surface area contributed by atoms with E-state index in [4.69, 9.17) is 0 Å². The minimum atomic E-state index is -2.89. The molecule has 0 aliphatic carbocycles. The van der Waals surface area contributed by atoms with Gasteiger partial charge in [0.05, 0.1) is 5.75 Å². The molecule has 0 aromatic rings. The van der Waals surface area contributed by atoms with Crippen molar-refractivity contribution in [1.29, 1.82) is 0 Å². The van der Waals surface area contributed by atoms with Crippen molar-refractivity contribution < 1.29 is 8.42 Å². The zero-order chi connectivity index (χ0) is 15.9. The van der Waals surface area contributed by atoms with E-state index in [1.165, 1.54) is 12.8 Å². The average Bonchev–Trinajstić information content (AvgIpc) is 2.46. The van der Waals surface area contributed by atoms with Gasteiger partial charge in [0.15, 0.2) is 9.84 Å². The number of nitrogens with zero attached hydrogens (tertiary/aromatic N) is 1. The van der Waals surface area contributed by atoms with Gasteiger partial charge in [0.1, 0.15) is 0 Å². The van der Waals surface area contributed by atoms with E-state index in [2.05, 4.69) is 31.0 Å². The highest BCUT2D eigenvalue weighted by molar-refractivity contribution is 7.91. The van der Waals surface area contributed by atoms with E-state index in [-0.39, 0.29) is 5.54 Å². The van der Waals surface area contributed by atoms with E-state index in [1.54, 1.807) is 0 Å². The van der Waals surface area contributed by atoms with E-state index in [1.807, 2.05) is 6.92 Å². The number of hydrogen-bond donors (Lipinski definition) is 1. The lowest BCUT2D eigenvalue weighted by atomic mass is 9.86. The van der Waals surface area contributed by atoms with Crippen LogP contribution in [0.3, 0.4) is 0 Å². The van der Waals surface area contributed by atoms with Crippen LogP contribution in [-0.2, 0) is 9.84 Å². The van der Waals surface area contributed by atoms with Crippen molar-refractivity contribution in [3.63, 3.8) is 0 Å². The van der Waals surface area contributed by atoms with Gasteiger partial charge in [-0.1, -0.05) is 34.1 Å². The number of piperazine rings is 1. The van der Waals surface area contributed by atoms with Crippen LogP contribution < -0.4 is 5.32 Å². The third kappa shape index (κ3) is 5.22. The van der Waals surface area contributed by atoms with Crippen molar-refractivity contribution in [2.45, 2.75) is 71.4 Å². The third-order valence-electron chi connectivity index (χ3n) is 4.97. The second-order valence-corrected chi connectivity index (χ2v) is 8.70. The molecule has 1 atom stereocenters. The molecule has 1 saturated heterocycles. The van der Waals surface area contributed by atoms with Crippen LogP contribution in [0, 0.1) is 0 Å². The van der Waals surface area contributed by atoms with Gasteiger partial charge in [0.25, 0.3) is 0 Å². The number of sulfone groups is 1. The molecule has 0 aromatic heterocycles. The van der Waals surface area contributed by atoms with E-state index in [0.29, 0.717) is 24.1 Å². The molecule has 0 saturated carbocycles. The topological polar surface area (TPSA) is 49.4 Å². The molecule has 0 spiro atoms. The molecule has 5 heteroatoms. The smallest absolute Gasteiger partial charge is 0.151 e. The molecule has 1 fully saturated rings. The fourth-order valence-corrected chi connectivity index (χ4v) is 4.77. The zero-order valence-corrected chi connectivity index (χ0v) is 15.1. The predicted molar refractivity (Wildman–Crippen MR) is 90.5 cm³/mol. The van der Waals surface area contributed by atoms with Gasteiger partial charge >= 0.3 is 0 Å². The maximum atomic E-state index is 12.0. The summed E-state index contributed by atoms with van der Waals surface area (Å²) in [6, 6.07) is 0.509. The van der Waals surface area contributed by atoms with Crippen molar-refractivity contribution >= 4 is 9.84 Å². The lowest BCUT2D eigenvalue weighted by Crippen LogP contribution is -2.64. The lowest BCUT2D eigenvalue weighted by Gasteiger charge is -2.50. The molecule has 21 heavy (non-hydrogen) atoms. The van der Waals surface area contributed by atoms with Crippen LogP contribution in [0.4, 0.5) is 0 Å². The minimum absolute atomic E-state index is 0.131. The Kier molecular flexibility index (Phi) is 7.65. The van der Waals surface area contributed by atoms with Gasteiger partial charge in [-0.2, -0.15) is 0 Å². The largest absolute Gasteiger partial charge is 0.311 e. The summed E-state index contributed by atoms with van der Waals surface area (Å²) in [6.07, 6.45) is 5.20. The molecule has 0 amide bonds. The third-order valence-corrected chi connectivity index (χ3v) is 6.81. The summed E-state index contributed by atoms with van der Waals surface area (Å²) < 4.78 is 24.1. The standard InChI is InChI=1S/C16H34N2O2S/c1-5-9-15-13-18(10-12-21(19,20)11-6-2)16(7-3,8-4)14-17-15/h15,17H,5-14H2,1-4H3. The molecule has 1 rings (SSSR count). The van der Waals surface area contributed by atoms with Gasteiger partial charge in [0.2, 0.25) is 0 Å². The molecule has 0 aromatic carbocycles. The van der Waals surface area contributed by atoms with Crippen LogP contribution in [0.25, 0.3) is 0 Å². The zero-order valence-electron chi connectivity index (χ0n) is 14.3. The van der Waals surface area contributed by atoms with Crippen molar-refractivity contribution in [2.24, 2.45) is 0 Å². The SMILES string of the molecule is CCCC1CN(CCS(=O)(=O)CCC)C(CC)(CC)CN1. The van der Waals surface area contributed by atoms with Crippen molar-refractivity contribution in [1.82, 2.24) is 10.2 Å². The number of rotatable bonds is 9. The second kappa shape index (κ2) is 8.49. The Morgan fingerprint density at radius 3 is 2.29 bits per heavy atom. The Hall–Kier alpha value is -0.130. The minimum Gasteiger partial charge on any atom is -0.311 e. The molecular formula is C16H34N2O2S. The molecule has 1 heterocycles. The summed E-state index contributed by atoms with van der Waals surface area (Å²) in [7, 11) is -2.89. The average molecular weight is 319 g/mol. The highest BCUT2D eigenvalue weighted by atomic mass is 32.2. The van der Waals surface area contributed by atoms with E-state index < -0.39 is 9.84 Å². The van der Waals surface area contributed by atoms with Gasteiger partial charge in [-0.3, -0.25) is 4.90 Å². The van der Waals surface area contributed by atoms with Gasteiger partial charge in [0, 0.05) is 37.0 Å². The number of nitrogens with one attached hydrogen (secondary N) is 1. The van der Waals surface area contributed by atoms with Crippen LogP contribution in [0.1, 0.15) is 59.8 Å².